The molecule has 0 unspecified atom stereocenters. The minimum Gasteiger partial charge on any atom is -0.461 e. The average molecular weight is 290 g/mol. The van der Waals surface area contributed by atoms with Gasteiger partial charge in [-0.1, -0.05) is 29.8 Å². The molecule has 1 aliphatic rings. The molecule has 0 spiro atoms. The molecule has 1 aliphatic heterocycles. The van der Waals surface area contributed by atoms with Crippen molar-refractivity contribution in [3.8, 4) is 0 Å². The Balaban J connectivity index is 1.68. The lowest BCUT2D eigenvalue weighted by Crippen LogP contribution is -2.32. The number of urea groups is 1. The van der Waals surface area contributed by atoms with Crippen LogP contribution < -0.4 is 5.32 Å². The van der Waals surface area contributed by atoms with Crippen LogP contribution in [0.25, 0.3) is 0 Å². The van der Waals surface area contributed by atoms with Crippen LogP contribution in [0.3, 0.4) is 0 Å². The van der Waals surface area contributed by atoms with Gasteiger partial charge in [0.2, 0.25) is 5.91 Å². The van der Waals surface area contributed by atoms with Gasteiger partial charge in [-0.25, -0.2) is 4.79 Å². The quantitative estimate of drug-likeness (QED) is 0.634. The fourth-order valence-corrected chi connectivity index (χ4v) is 2.10. The van der Waals surface area contributed by atoms with Crippen LogP contribution in [-0.4, -0.2) is 35.9 Å². The summed E-state index contributed by atoms with van der Waals surface area (Å²) in [6.07, 6.45) is 0.592. The van der Waals surface area contributed by atoms with Crippen molar-refractivity contribution in [3.63, 3.8) is 0 Å². The maximum Gasteiger partial charge on any atom is 0.324 e. The molecular formula is C15H18N2O4. The first kappa shape index (κ1) is 15.0. The summed E-state index contributed by atoms with van der Waals surface area (Å²) in [5.74, 6) is -0.586. The average Bonchev–Trinajstić information content (AvgIpc) is 2.77. The summed E-state index contributed by atoms with van der Waals surface area (Å²) < 4.78 is 5.16. The molecule has 1 aromatic rings. The molecule has 1 N–H and O–H groups in total. The molecule has 6 nitrogen and oxygen atoms in total. The van der Waals surface area contributed by atoms with E-state index in [0.29, 0.717) is 6.42 Å². The normalized spacial score (nSPS) is 14.2. The summed E-state index contributed by atoms with van der Waals surface area (Å²) in [6.45, 7) is 2.49. The first-order valence-corrected chi connectivity index (χ1v) is 6.85. The van der Waals surface area contributed by atoms with E-state index in [1.165, 1.54) is 0 Å². The maximum atomic E-state index is 11.6. The minimum absolute atomic E-state index is 0.0383. The van der Waals surface area contributed by atoms with Crippen LogP contribution in [0.1, 0.15) is 24.0 Å². The van der Waals surface area contributed by atoms with Gasteiger partial charge in [-0.05, 0) is 18.9 Å². The fourth-order valence-electron chi connectivity index (χ4n) is 2.10. The standard InChI is InChI=1S/C15H18N2O4/c1-11-4-2-5-12(8-11)10-21-14(19)6-3-7-17-13(18)9-16-15(17)20/h2,4-5,8H,3,6-7,9-10H2,1H3,(H,16,20). The lowest BCUT2D eigenvalue weighted by molar-refractivity contribution is -0.145. The number of aryl methyl sites for hydroxylation is 1. The molecule has 1 heterocycles. The Morgan fingerprint density at radius 1 is 1.38 bits per heavy atom. The Bertz CT molecular complexity index is 540. The molecule has 2 rings (SSSR count). The highest BCUT2D eigenvalue weighted by Crippen LogP contribution is 2.07. The smallest absolute Gasteiger partial charge is 0.324 e. The highest BCUT2D eigenvalue weighted by molar-refractivity contribution is 6.01. The van der Waals surface area contributed by atoms with Gasteiger partial charge in [0, 0.05) is 13.0 Å². The maximum absolute atomic E-state index is 11.6. The molecule has 3 amide bonds. The number of imide groups is 1. The predicted octanol–water partition coefficient (Wildman–Crippen LogP) is 1.37. The number of carbonyl (C=O) groups is 3. The van der Waals surface area contributed by atoms with E-state index in [1.54, 1.807) is 0 Å². The largest absolute Gasteiger partial charge is 0.461 e. The lowest BCUT2D eigenvalue weighted by Gasteiger charge is -2.11. The molecule has 0 radical (unpaired) electrons. The van der Waals surface area contributed by atoms with Gasteiger partial charge in [0.25, 0.3) is 0 Å². The van der Waals surface area contributed by atoms with E-state index < -0.39 is 6.03 Å². The Labute approximate surface area is 123 Å². The first-order chi connectivity index (χ1) is 10.1. The Morgan fingerprint density at radius 2 is 2.19 bits per heavy atom. The van der Waals surface area contributed by atoms with E-state index in [1.807, 2.05) is 31.2 Å². The molecule has 0 atom stereocenters. The molecule has 0 saturated carbocycles. The summed E-state index contributed by atoms with van der Waals surface area (Å²) in [5.41, 5.74) is 2.06. The molecule has 112 valence electrons. The lowest BCUT2D eigenvalue weighted by atomic mass is 10.1. The van der Waals surface area contributed by atoms with Crippen LogP contribution in [0.5, 0.6) is 0 Å². The van der Waals surface area contributed by atoms with Gasteiger partial charge < -0.3 is 10.1 Å². The van der Waals surface area contributed by atoms with Crippen molar-refractivity contribution < 1.29 is 19.1 Å². The number of benzene rings is 1. The molecule has 1 fully saturated rings. The van der Waals surface area contributed by atoms with Gasteiger partial charge in [0.05, 0.1) is 6.54 Å². The predicted molar refractivity (Wildman–Crippen MR) is 75.3 cm³/mol. The molecule has 6 heteroatoms. The Morgan fingerprint density at radius 3 is 2.86 bits per heavy atom. The Kier molecular flexibility index (Phi) is 4.92. The number of nitrogens with one attached hydrogen (secondary N) is 1. The van der Waals surface area contributed by atoms with Crippen molar-refractivity contribution >= 4 is 17.9 Å². The summed E-state index contributed by atoms with van der Waals surface area (Å²) in [5, 5.41) is 2.43. The van der Waals surface area contributed by atoms with Crippen molar-refractivity contribution in [2.45, 2.75) is 26.4 Å². The summed E-state index contributed by atoms with van der Waals surface area (Å²) in [4.78, 5) is 35.3. The van der Waals surface area contributed by atoms with E-state index in [9.17, 15) is 14.4 Å². The second-order valence-corrected chi connectivity index (χ2v) is 4.96. The molecule has 0 aromatic heterocycles. The number of rotatable bonds is 6. The van der Waals surface area contributed by atoms with Crippen LogP contribution in [0.15, 0.2) is 24.3 Å². The second-order valence-electron chi connectivity index (χ2n) is 4.96. The van der Waals surface area contributed by atoms with Gasteiger partial charge in [-0.3, -0.25) is 14.5 Å². The zero-order valence-corrected chi connectivity index (χ0v) is 11.9. The fraction of sp³-hybridized carbons (Fsp3) is 0.400. The number of hydrogen-bond acceptors (Lipinski definition) is 4. The van der Waals surface area contributed by atoms with Crippen molar-refractivity contribution in [1.29, 1.82) is 0 Å². The van der Waals surface area contributed by atoms with Crippen molar-refractivity contribution in [2.75, 3.05) is 13.1 Å². The molecular weight excluding hydrogens is 272 g/mol. The first-order valence-electron chi connectivity index (χ1n) is 6.85. The minimum atomic E-state index is -0.395. The van der Waals surface area contributed by atoms with E-state index in [0.717, 1.165) is 16.0 Å². The number of amides is 3. The van der Waals surface area contributed by atoms with Gasteiger partial charge >= 0.3 is 12.0 Å². The van der Waals surface area contributed by atoms with Crippen LogP contribution >= 0.6 is 0 Å². The SMILES string of the molecule is Cc1cccc(COC(=O)CCCN2C(=O)CNC2=O)c1. The van der Waals surface area contributed by atoms with Crippen molar-refractivity contribution in [3.05, 3.63) is 35.4 Å². The van der Waals surface area contributed by atoms with Crippen LogP contribution in [0, 0.1) is 6.92 Å². The van der Waals surface area contributed by atoms with E-state index in [2.05, 4.69) is 5.32 Å². The van der Waals surface area contributed by atoms with Gasteiger partial charge in [0.15, 0.2) is 0 Å². The third-order valence-electron chi connectivity index (χ3n) is 3.18. The van der Waals surface area contributed by atoms with Crippen molar-refractivity contribution in [1.82, 2.24) is 10.2 Å². The number of ether oxygens (including phenoxy) is 1. The Hall–Kier alpha value is -2.37. The zero-order chi connectivity index (χ0) is 15.2. The highest BCUT2D eigenvalue weighted by Gasteiger charge is 2.27. The van der Waals surface area contributed by atoms with E-state index in [4.69, 9.17) is 4.74 Å². The number of nitrogens with zero attached hydrogens (tertiary/aromatic N) is 1. The highest BCUT2D eigenvalue weighted by atomic mass is 16.5. The van der Waals surface area contributed by atoms with Gasteiger partial charge in [-0.15, -0.1) is 0 Å². The number of hydrogen-bond donors (Lipinski definition) is 1. The third kappa shape index (κ3) is 4.30. The molecule has 0 aliphatic carbocycles. The monoisotopic (exact) mass is 290 g/mol. The van der Waals surface area contributed by atoms with Crippen LogP contribution in [-0.2, 0) is 20.9 Å². The summed E-state index contributed by atoms with van der Waals surface area (Å²) >= 11 is 0. The second kappa shape index (κ2) is 6.88. The zero-order valence-electron chi connectivity index (χ0n) is 11.9. The van der Waals surface area contributed by atoms with Crippen LogP contribution in [0.2, 0.25) is 0 Å². The van der Waals surface area contributed by atoms with Gasteiger partial charge in [0.1, 0.15) is 6.61 Å². The number of carbonyl (C=O) groups excluding carboxylic acids is 3. The molecule has 0 bridgehead atoms. The third-order valence-corrected chi connectivity index (χ3v) is 3.18. The molecule has 1 aromatic carbocycles. The molecule has 1 saturated heterocycles. The van der Waals surface area contributed by atoms with Crippen molar-refractivity contribution in [2.24, 2.45) is 0 Å². The van der Waals surface area contributed by atoms with Gasteiger partial charge in [-0.2, -0.15) is 0 Å². The topological polar surface area (TPSA) is 75.7 Å². The van der Waals surface area contributed by atoms with E-state index in [-0.39, 0.29) is 38.0 Å². The molecule has 21 heavy (non-hydrogen) atoms. The van der Waals surface area contributed by atoms with Crippen LogP contribution in [0.4, 0.5) is 4.79 Å². The summed E-state index contributed by atoms with van der Waals surface area (Å²) in [6, 6.07) is 7.35. The summed E-state index contributed by atoms with van der Waals surface area (Å²) in [7, 11) is 0. The van der Waals surface area contributed by atoms with E-state index >= 15 is 0 Å². The number of esters is 1.